The molecule has 0 saturated carbocycles. The highest BCUT2D eigenvalue weighted by Gasteiger charge is 2.49. The summed E-state index contributed by atoms with van der Waals surface area (Å²) in [6.45, 7) is 0. The summed E-state index contributed by atoms with van der Waals surface area (Å²) in [5.74, 6) is -0.755. The monoisotopic (exact) mass is 447 g/mol. The van der Waals surface area contributed by atoms with Gasteiger partial charge in [0.25, 0.3) is 0 Å². The molecule has 2 atom stereocenters. The van der Waals surface area contributed by atoms with Crippen LogP contribution in [0.15, 0.2) is 55.0 Å². The number of carboxylic acid groups (broad SMARTS) is 1. The lowest BCUT2D eigenvalue weighted by molar-refractivity contribution is -0.124. The highest BCUT2D eigenvalue weighted by atomic mass is 32.1. The minimum Gasteiger partial charge on any atom is -0.477 e. The van der Waals surface area contributed by atoms with E-state index in [2.05, 4.69) is 9.97 Å². The number of aromatic nitrogens is 2. The zero-order chi connectivity index (χ0) is 22.6. The predicted octanol–water partition coefficient (Wildman–Crippen LogP) is 2.55. The number of rotatable bonds is 4. The van der Waals surface area contributed by atoms with Crippen LogP contribution in [0.25, 0.3) is 10.1 Å². The summed E-state index contributed by atoms with van der Waals surface area (Å²) in [6.07, 6.45) is 4.65. The summed E-state index contributed by atoms with van der Waals surface area (Å²) in [4.78, 5) is 33.6. The van der Waals surface area contributed by atoms with Crippen LogP contribution in [0.2, 0.25) is 0 Å². The highest BCUT2D eigenvalue weighted by molar-refractivity contribution is 7.21. The number of nitrogens with zero attached hydrogens (tertiary/aromatic N) is 2. The quantitative estimate of drug-likeness (QED) is 0.344. The van der Waals surface area contributed by atoms with Crippen LogP contribution in [0.4, 0.5) is 5.69 Å². The Kier molecular flexibility index (Phi) is 4.45. The van der Waals surface area contributed by atoms with Gasteiger partial charge in [0.15, 0.2) is 5.78 Å². The highest BCUT2D eigenvalue weighted by Crippen LogP contribution is 2.49. The Hall–Kier alpha value is -3.86. The Morgan fingerprint density at radius 2 is 1.94 bits per heavy atom. The van der Waals surface area contributed by atoms with Crippen LogP contribution >= 0.6 is 11.3 Å². The molecule has 32 heavy (non-hydrogen) atoms. The Labute approximate surface area is 185 Å². The van der Waals surface area contributed by atoms with Crippen molar-refractivity contribution in [2.45, 2.75) is 11.6 Å². The number of nitrogen functional groups attached to an aromatic ring is 1. The maximum Gasteiger partial charge on any atom is 0.346 e. The van der Waals surface area contributed by atoms with Gasteiger partial charge in [0, 0.05) is 22.8 Å². The lowest BCUT2D eigenvalue weighted by Crippen LogP contribution is -2.53. The number of hydrogen-bond acceptors (Lipinski definition) is 9. The largest absolute Gasteiger partial charge is 0.477 e. The number of Topliss-reactive ketones (excluding diaryl/α,β-unsaturated/α-hetero) is 1. The van der Waals surface area contributed by atoms with Gasteiger partial charge in [-0.2, -0.15) is 0 Å². The first kappa shape index (κ1) is 20.1. The number of hydrogen-bond donors (Lipinski definition) is 4. The van der Waals surface area contributed by atoms with Crippen molar-refractivity contribution in [3.63, 3.8) is 0 Å². The minimum atomic E-state index is -1.68. The van der Waals surface area contributed by atoms with Crippen LogP contribution < -0.4 is 21.9 Å². The molecule has 0 bridgehead atoms. The molecule has 160 valence electrons. The zero-order valence-electron chi connectivity index (χ0n) is 16.5. The van der Waals surface area contributed by atoms with Crippen molar-refractivity contribution < 1.29 is 19.4 Å². The molecule has 3 aromatic heterocycles. The number of nitrogens with two attached hydrogens (primary N) is 3. The molecule has 1 aliphatic carbocycles. The molecule has 0 fully saturated rings. The first-order valence-corrected chi connectivity index (χ1v) is 10.4. The van der Waals surface area contributed by atoms with E-state index in [1.54, 1.807) is 48.8 Å². The first-order valence-electron chi connectivity index (χ1n) is 9.54. The van der Waals surface area contributed by atoms with Gasteiger partial charge >= 0.3 is 5.97 Å². The molecule has 10 heteroatoms. The number of thiophene rings is 1. The smallest absolute Gasteiger partial charge is 0.346 e. The number of benzene rings is 1. The van der Waals surface area contributed by atoms with Gasteiger partial charge < -0.3 is 27.0 Å². The molecule has 1 aromatic carbocycles. The first-order chi connectivity index (χ1) is 15.3. The van der Waals surface area contributed by atoms with Crippen LogP contribution in [-0.2, 0) is 10.3 Å². The van der Waals surface area contributed by atoms with E-state index in [0.29, 0.717) is 32.8 Å². The summed E-state index contributed by atoms with van der Waals surface area (Å²) in [6, 6.07) is 8.72. The predicted molar refractivity (Wildman–Crippen MR) is 119 cm³/mol. The minimum absolute atomic E-state index is 0.0183. The summed E-state index contributed by atoms with van der Waals surface area (Å²) in [5, 5.41) is 10.1. The summed E-state index contributed by atoms with van der Waals surface area (Å²) < 4.78 is 6.24. The van der Waals surface area contributed by atoms with E-state index < -0.39 is 23.3 Å². The van der Waals surface area contributed by atoms with Crippen molar-refractivity contribution in [3.8, 4) is 11.5 Å². The lowest BCUT2D eigenvalue weighted by atomic mass is 9.72. The maximum absolute atomic E-state index is 13.4. The molecule has 0 spiro atoms. The van der Waals surface area contributed by atoms with Gasteiger partial charge in [0.05, 0.1) is 28.8 Å². The molecule has 1 aliphatic rings. The van der Waals surface area contributed by atoms with E-state index >= 15 is 0 Å². The third kappa shape index (κ3) is 2.78. The second kappa shape index (κ2) is 7.09. The fraction of sp³-hybridized carbons (Fsp3) is 0.0909. The van der Waals surface area contributed by atoms with E-state index in [4.69, 9.17) is 21.9 Å². The average molecular weight is 447 g/mol. The molecule has 5 rings (SSSR count). The fourth-order valence-electron chi connectivity index (χ4n) is 4.02. The number of anilines is 1. The van der Waals surface area contributed by atoms with E-state index in [9.17, 15) is 14.7 Å². The van der Waals surface area contributed by atoms with E-state index in [1.165, 1.54) is 6.20 Å². The summed E-state index contributed by atoms with van der Waals surface area (Å²) >= 11 is 0.984. The van der Waals surface area contributed by atoms with Crippen LogP contribution in [0, 0.1) is 0 Å². The Morgan fingerprint density at radius 1 is 1.16 bits per heavy atom. The van der Waals surface area contributed by atoms with Crippen molar-refractivity contribution in [3.05, 3.63) is 76.7 Å². The van der Waals surface area contributed by atoms with Crippen molar-refractivity contribution in [1.82, 2.24) is 9.97 Å². The molecule has 2 unspecified atom stereocenters. The second-order valence-corrected chi connectivity index (χ2v) is 8.40. The molecule has 0 amide bonds. The summed E-state index contributed by atoms with van der Waals surface area (Å²) in [5.41, 5.74) is 18.7. The van der Waals surface area contributed by atoms with Gasteiger partial charge in [-0.05, 0) is 35.9 Å². The fourth-order valence-corrected chi connectivity index (χ4v) is 5.16. The number of carboxylic acids is 1. The van der Waals surface area contributed by atoms with Crippen LogP contribution in [0.3, 0.4) is 0 Å². The van der Waals surface area contributed by atoms with E-state index in [-0.39, 0.29) is 16.1 Å². The Morgan fingerprint density at radius 3 is 2.59 bits per heavy atom. The number of pyridine rings is 2. The van der Waals surface area contributed by atoms with Crippen molar-refractivity contribution in [2.24, 2.45) is 11.5 Å². The van der Waals surface area contributed by atoms with Gasteiger partial charge in [-0.3, -0.25) is 14.8 Å². The number of ether oxygens (including phenoxy) is 1. The number of aromatic carboxylic acids is 1. The number of carbonyl (C=O) groups is 2. The normalized spacial score (nSPS) is 19.8. The second-order valence-electron chi connectivity index (χ2n) is 7.38. The van der Waals surface area contributed by atoms with Crippen molar-refractivity contribution in [2.75, 3.05) is 5.73 Å². The van der Waals surface area contributed by atoms with Gasteiger partial charge in [-0.25, -0.2) is 4.79 Å². The van der Waals surface area contributed by atoms with Gasteiger partial charge in [0.1, 0.15) is 21.9 Å². The Balaban J connectivity index is 1.66. The molecule has 9 nitrogen and oxygen atoms in total. The van der Waals surface area contributed by atoms with Crippen LogP contribution in [0.5, 0.6) is 11.5 Å². The zero-order valence-corrected chi connectivity index (χ0v) is 17.3. The van der Waals surface area contributed by atoms with Gasteiger partial charge in [-0.15, -0.1) is 11.3 Å². The molecule has 0 saturated heterocycles. The molecule has 3 heterocycles. The van der Waals surface area contributed by atoms with E-state index in [1.807, 2.05) is 0 Å². The molecule has 0 radical (unpaired) electrons. The molecule has 4 aromatic rings. The van der Waals surface area contributed by atoms with Crippen LogP contribution in [0.1, 0.15) is 32.5 Å². The molecule has 7 N–H and O–H groups in total. The van der Waals surface area contributed by atoms with Crippen molar-refractivity contribution >= 4 is 38.9 Å². The maximum atomic E-state index is 13.4. The molecular formula is C22H17N5O4S. The SMILES string of the molecule is Nc1ccc2c3c(c(C(=O)O)sc13)C(N)C(=O)C2(N)c1ccc(Oc2cccnc2)cn1. The average Bonchev–Trinajstić information content (AvgIpc) is 3.20. The van der Waals surface area contributed by atoms with Crippen LogP contribution in [-0.4, -0.2) is 26.8 Å². The third-order valence-electron chi connectivity index (χ3n) is 5.52. The topological polar surface area (TPSA) is 167 Å². The number of ketones is 1. The van der Waals surface area contributed by atoms with Gasteiger partial charge in [0.2, 0.25) is 0 Å². The standard InChI is InChI=1S/C22H17N5O4S/c23-13-5-4-12-15-16(19(21(29)30)32-18(13)15)17(24)20(28)22(12,25)14-6-3-11(9-27-14)31-10-2-1-7-26-8-10/h1-9,17H,23-25H2,(H,29,30). The van der Waals surface area contributed by atoms with Gasteiger partial charge in [-0.1, -0.05) is 6.07 Å². The Bertz CT molecular complexity index is 1390. The lowest BCUT2D eigenvalue weighted by Gasteiger charge is -2.35. The third-order valence-corrected chi connectivity index (χ3v) is 6.76. The summed E-state index contributed by atoms with van der Waals surface area (Å²) in [7, 11) is 0. The number of carbonyl (C=O) groups excluding carboxylic acids is 1. The molecule has 0 aliphatic heterocycles. The molecular weight excluding hydrogens is 430 g/mol. The van der Waals surface area contributed by atoms with Crippen molar-refractivity contribution in [1.29, 1.82) is 0 Å². The van der Waals surface area contributed by atoms with E-state index in [0.717, 1.165) is 11.3 Å².